The van der Waals surface area contributed by atoms with Crippen LogP contribution in [-0.4, -0.2) is 47.4 Å². The molecular formula is C48H85NO5. The molecule has 2 atom stereocenters. The molecule has 0 aliphatic heterocycles. The fourth-order valence-corrected chi connectivity index (χ4v) is 6.24. The number of carbonyl (C=O) groups is 2. The smallest absolute Gasteiger partial charge is 0.305 e. The Morgan fingerprint density at radius 3 is 1.48 bits per heavy atom. The van der Waals surface area contributed by atoms with E-state index in [-0.39, 0.29) is 18.5 Å². The minimum Gasteiger partial charge on any atom is -0.466 e. The number of esters is 1. The topological polar surface area (TPSA) is 95.9 Å². The van der Waals surface area contributed by atoms with Gasteiger partial charge in [-0.2, -0.15) is 0 Å². The van der Waals surface area contributed by atoms with E-state index in [9.17, 15) is 19.8 Å². The number of rotatable bonds is 40. The van der Waals surface area contributed by atoms with Gasteiger partial charge in [0, 0.05) is 12.8 Å². The molecule has 6 heteroatoms. The first kappa shape index (κ1) is 51.6. The summed E-state index contributed by atoms with van der Waals surface area (Å²) in [5.74, 6) is -0.190. The first-order valence-electron chi connectivity index (χ1n) is 22.6. The van der Waals surface area contributed by atoms with Crippen LogP contribution in [0.3, 0.4) is 0 Å². The molecular weight excluding hydrogens is 671 g/mol. The molecule has 1 amide bonds. The molecule has 6 nitrogen and oxygen atoms in total. The van der Waals surface area contributed by atoms with E-state index in [0.717, 1.165) is 64.2 Å². The summed E-state index contributed by atoms with van der Waals surface area (Å²) < 4.78 is 5.43. The standard InChI is InChI=1S/C48H85NO5/c1-3-5-7-9-11-13-14-15-16-19-22-26-30-34-38-42-48(53)54-43-39-35-31-27-23-20-17-18-21-25-29-33-37-41-47(52)49-45(44-50)46(51)40-36-32-28-24-12-10-8-6-4-2/h11,13,15-16,18,21,29,33,36,40,45-46,50-51H,3-10,12,14,17,19-20,22-28,30-32,34-35,37-39,41-44H2,1-2H3,(H,49,52)/b13-11-,16-15-,21-18-,33-29-,40-36+. The molecule has 312 valence electrons. The summed E-state index contributed by atoms with van der Waals surface area (Å²) in [5, 5.41) is 22.8. The van der Waals surface area contributed by atoms with Crippen molar-refractivity contribution in [3.05, 3.63) is 60.8 Å². The summed E-state index contributed by atoms with van der Waals surface area (Å²) in [4.78, 5) is 24.3. The Morgan fingerprint density at radius 2 is 0.944 bits per heavy atom. The summed E-state index contributed by atoms with van der Waals surface area (Å²) in [7, 11) is 0. The second-order valence-electron chi connectivity index (χ2n) is 15.0. The van der Waals surface area contributed by atoms with Gasteiger partial charge in [-0.1, -0.05) is 171 Å². The van der Waals surface area contributed by atoms with E-state index in [1.807, 2.05) is 12.2 Å². The fraction of sp³-hybridized carbons (Fsp3) is 0.750. The average Bonchev–Trinajstić information content (AvgIpc) is 3.17. The molecule has 0 spiro atoms. The number of unbranched alkanes of at least 4 members (excludes halogenated alkanes) is 21. The lowest BCUT2D eigenvalue weighted by atomic mass is 10.1. The first-order valence-corrected chi connectivity index (χ1v) is 22.6. The molecule has 0 aromatic heterocycles. The lowest BCUT2D eigenvalue weighted by Crippen LogP contribution is -2.45. The Morgan fingerprint density at radius 1 is 0.519 bits per heavy atom. The van der Waals surface area contributed by atoms with Gasteiger partial charge in [-0.3, -0.25) is 9.59 Å². The minimum absolute atomic E-state index is 0.0346. The number of aliphatic hydroxyl groups is 2. The van der Waals surface area contributed by atoms with Crippen molar-refractivity contribution >= 4 is 11.9 Å². The van der Waals surface area contributed by atoms with E-state index in [0.29, 0.717) is 25.9 Å². The molecule has 54 heavy (non-hydrogen) atoms. The average molecular weight is 756 g/mol. The van der Waals surface area contributed by atoms with Gasteiger partial charge in [-0.15, -0.1) is 0 Å². The van der Waals surface area contributed by atoms with Gasteiger partial charge < -0.3 is 20.3 Å². The highest BCUT2D eigenvalue weighted by Gasteiger charge is 2.17. The van der Waals surface area contributed by atoms with Crippen molar-refractivity contribution < 1.29 is 24.5 Å². The van der Waals surface area contributed by atoms with E-state index < -0.39 is 12.1 Å². The van der Waals surface area contributed by atoms with Crippen LogP contribution in [0.25, 0.3) is 0 Å². The van der Waals surface area contributed by atoms with Crippen molar-refractivity contribution in [3.63, 3.8) is 0 Å². The van der Waals surface area contributed by atoms with Crippen LogP contribution in [0.15, 0.2) is 60.8 Å². The maximum Gasteiger partial charge on any atom is 0.305 e. The summed E-state index contributed by atoms with van der Waals surface area (Å²) in [6.45, 7) is 4.74. The van der Waals surface area contributed by atoms with Crippen molar-refractivity contribution in [1.82, 2.24) is 5.32 Å². The quantitative estimate of drug-likeness (QED) is 0.0329. The zero-order chi connectivity index (χ0) is 39.4. The third-order valence-electron chi connectivity index (χ3n) is 9.77. The van der Waals surface area contributed by atoms with Crippen molar-refractivity contribution in [3.8, 4) is 0 Å². The van der Waals surface area contributed by atoms with Crippen LogP contribution in [0.5, 0.6) is 0 Å². The van der Waals surface area contributed by atoms with Gasteiger partial charge >= 0.3 is 5.97 Å². The van der Waals surface area contributed by atoms with Crippen LogP contribution >= 0.6 is 0 Å². The molecule has 0 aliphatic carbocycles. The van der Waals surface area contributed by atoms with Crippen LogP contribution in [0.1, 0.15) is 206 Å². The van der Waals surface area contributed by atoms with Crippen molar-refractivity contribution in [2.45, 2.75) is 219 Å². The van der Waals surface area contributed by atoms with Gasteiger partial charge in [0.15, 0.2) is 0 Å². The summed E-state index contributed by atoms with van der Waals surface area (Å²) in [6.07, 6.45) is 53.6. The monoisotopic (exact) mass is 756 g/mol. The molecule has 0 heterocycles. The third-order valence-corrected chi connectivity index (χ3v) is 9.77. The van der Waals surface area contributed by atoms with E-state index in [1.165, 1.54) is 109 Å². The van der Waals surface area contributed by atoms with Gasteiger partial charge in [0.25, 0.3) is 0 Å². The van der Waals surface area contributed by atoms with E-state index in [4.69, 9.17) is 4.74 Å². The molecule has 0 rings (SSSR count). The zero-order valence-corrected chi connectivity index (χ0v) is 35.2. The number of aliphatic hydroxyl groups excluding tert-OH is 2. The molecule has 0 aromatic carbocycles. The van der Waals surface area contributed by atoms with E-state index in [2.05, 4.69) is 61.7 Å². The number of amides is 1. The maximum absolute atomic E-state index is 12.3. The normalized spacial score (nSPS) is 13.3. The van der Waals surface area contributed by atoms with Gasteiger partial charge in [0.1, 0.15) is 0 Å². The number of hydrogen-bond donors (Lipinski definition) is 3. The number of hydrogen-bond acceptors (Lipinski definition) is 5. The molecule has 0 fully saturated rings. The Kier molecular flexibility index (Phi) is 41.3. The minimum atomic E-state index is -0.878. The molecule has 3 N–H and O–H groups in total. The van der Waals surface area contributed by atoms with E-state index in [1.54, 1.807) is 6.08 Å². The Balaban J connectivity index is 3.59. The third kappa shape index (κ3) is 39.3. The SMILES string of the molecule is CCCCC/C=C\C/C=C\CCCCCCCC(=O)OCCCCCCCC/C=C\C/C=C\CCC(=O)NC(CO)C(O)/C=C/CCCCCCCCC. The zero-order valence-electron chi connectivity index (χ0n) is 35.2. The maximum atomic E-state index is 12.3. The lowest BCUT2D eigenvalue weighted by molar-refractivity contribution is -0.143. The van der Waals surface area contributed by atoms with Gasteiger partial charge in [-0.25, -0.2) is 0 Å². The van der Waals surface area contributed by atoms with Crippen molar-refractivity contribution in [1.29, 1.82) is 0 Å². The molecule has 0 aromatic rings. The lowest BCUT2D eigenvalue weighted by Gasteiger charge is -2.19. The van der Waals surface area contributed by atoms with Crippen molar-refractivity contribution in [2.75, 3.05) is 13.2 Å². The van der Waals surface area contributed by atoms with Gasteiger partial charge in [0.2, 0.25) is 5.91 Å². The summed E-state index contributed by atoms with van der Waals surface area (Å²) >= 11 is 0. The van der Waals surface area contributed by atoms with Crippen LogP contribution < -0.4 is 5.32 Å². The predicted octanol–water partition coefficient (Wildman–Crippen LogP) is 12.9. The second kappa shape index (κ2) is 43.3. The molecule has 2 unspecified atom stereocenters. The summed E-state index contributed by atoms with van der Waals surface area (Å²) in [5.41, 5.74) is 0. The molecule has 0 saturated carbocycles. The fourth-order valence-electron chi connectivity index (χ4n) is 6.24. The van der Waals surface area contributed by atoms with Crippen LogP contribution in [0.4, 0.5) is 0 Å². The first-order chi connectivity index (χ1) is 26.5. The van der Waals surface area contributed by atoms with Crippen LogP contribution in [0, 0.1) is 0 Å². The Hall–Kier alpha value is -2.44. The molecule has 0 aliphatic rings. The van der Waals surface area contributed by atoms with Crippen LogP contribution in [-0.2, 0) is 14.3 Å². The highest BCUT2D eigenvalue weighted by molar-refractivity contribution is 5.76. The highest BCUT2D eigenvalue weighted by Crippen LogP contribution is 2.12. The number of nitrogens with one attached hydrogen (secondary N) is 1. The van der Waals surface area contributed by atoms with Gasteiger partial charge in [0.05, 0.1) is 25.4 Å². The second-order valence-corrected chi connectivity index (χ2v) is 15.0. The van der Waals surface area contributed by atoms with E-state index >= 15 is 0 Å². The molecule has 0 bridgehead atoms. The summed E-state index contributed by atoms with van der Waals surface area (Å²) in [6, 6.07) is -0.671. The molecule has 0 saturated heterocycles. The number of ether oxygens (including phenoxy) is 1. The van der Waals surface area contributed by atoms with Crippen molar-refractivity contribution in [2.24, 2.45) is 0 Å². The Labute approximate surface area is 333 Å². The van der Waals surface area contributed by atoms with Crippen LogP contribution in [0.2, 0.25) is 0 Å². The predicted molar refractivity (Wildman–Crippen MR) is 232 cm³/mol. The largest absolute Gasteiger partial charge is 0.466 e. The van der Waals surface area contributed by atoms with Gasteiger partial charge in [-0.05, 0) is 83.5 Å². The number of carbonyl (C=O) groups excluding carboxylic acids is 2. The Bertz CT molecular complexity index is 968. The highest BCUT2D eigenvalue weighted by atomic mass is 16.5. The number of allylic oxidation sites excluding steroid dienone is 9. The molecule has 0 radical (unpaired) electrons.